The monoisotopic (exact) mass is 349 g/mol. The number of aliphatic hydroxyl groups is 1. The average molecular weight is 349 g/mol. The standard InChI is InChI=1S/C13H20INO2/c1-3-8-15-9-13(2,16)10-17-12-6-4-11(14)5-7-12/h4-7,15-16H,3,8-10H2,1-2H3. The van der Waals surface area contributed by atoms with Gasteiger partial charge in [-0.1, -0.05) is 6.92 Å². The molecule has 0 spiro atoms. The van der Waals surface area contributed by atoms with Gasteiger partial charge in [-0.05, 0) is 66.7 Å². The van der Waals surface area contributed by atoms with Gasteiger partial charge >= 0.3 is 0 Å². The maximum Gasteiger partial charge on any atom is 0.119 e. The first-order valence-electron chi connectivity index (χ1n) is 5.85. The molecule has 0 saturated heterocycles. The van der Waals surface area contributed by atoms with Gasteiger partial charge in [0.1, 0.15) is 18.0 Å². The summed E-state index contributed by atoms with van der Waals surface area (Å²) in [4.78, 5) is 0. The second kappa shape index (κ2) is 7.18. The highest BCUT2D eigenvalue weighted by atomic mass is 127. The van der Waals surface area contributed by atoms with Crippen molar-refractivity contribution in [2.45, 2.75) is 25.9 Å². The molecular formula is C13H20INO2. The molecule has 1 rings (SSSR count). The van der Waals surface area contributed by atoms with Gasteiger partial charge in [-0.25, -0.2) is 0 Å². The number of benzene rings is 1. The summed E-state index contributed by atoms with van der Waals surface area (Å²) < 4.78 is 6.74. The molecule has 0 bridgehead atoms. The number of hydrogen-bond donors (Lipinski definition) is 2. The van der Waals surface area contributed by atoms with E-state index in [9.17, 15) is 5.11 Å². The quantitative estimate of drug-likeness (QED) is 0.587. The van der Waals surface area contributed by atoms with Crippen molar-refractivity contribution in [3.05, 3.63) is 27.8 Å². The average Bonchev–Trinajstić information content (AvgIpc) is 2.29. The molecule has 4 heteroatoms. The molecule has 0 heterocycles. The van der Waals surface area contributed by atoms with Crippen LogP contribution in [0, 0.1) is 3.57 Å². The first-order valence-corrected chi connectivity index (χ1v) is 6.93. The highest BCUT2D eigenvalue weighted by molar-refractivity contribution is 14.1. The summed E-state index contributed by atoms with van der Waals surface area (Å²) in [7, 11) is 0. The predicted molar refractivity (Wildman–Crippen MR) is 78.4 cm³/mol. The summed E-state index contributed by atoms with van der Waals surface area (Å²) >= 11 is 2.25. The van der Waals surface area contributed by atoms with Crippen LogP contribution in [0.25, 0.3) is 0 Å². The minimum atomic E-state index is -0.835. The molecule has 96 valence electrons. The van der Waals surface area contributed by atoms with Gasteiger partial charge in [0.05, 0.1) is 0 Å². The molecule has 0 saturated carbocycles. The zero-order valence-electron chi connectivity index (χ0n) is 10.4. The van der Waals surface area contributed by atoms with Crippen molar-refractivity contribution in [2.75, 3.05) is 19.7 Å². The van der Waals surface area contributed by atoms with Crippen LogP contribution in [-0.2, 0) is 0 Å². The molecular weight excluding hydrogens is 329 g/mol. The summed E-state index contributed by atoms with van der Waals surface area (Å²) in [6.07, 6.45) is 1.06. The minimum Gasteiger partial charge on any atom is -0.491 e. The fraction of sp³-hybridized carbons (Fsp3) is 0.538. The predicted octanol–water partition coefficient (Wildman–Crippen LogP) is 2.42. The lowest BCUT2D eigenvalue weighted by Crippen LogP contribution is -2.43. The Morgan fingerprint density at radius 3 is 2.59 bits per heavy atom. The van der Waals surface area contributed by atoms with Crippen molar-refractivity contribution in [1.29, 1.82) is 0 Å². The molecule has 17 heavy (non-hydrogen) atoms. The van der Waals surface area contributed by atoms with Crippen LogP contribution in [-0.4, -0.2) is 30.4 Å². The van der Waals surface area contributed by atoms with E-state index in [0.717, 1.165) is 18.7 Å². The number of nitrogens with one attached hydrogen (secondary N) is 1. The maximum absolute atomic E-state index is 10.1. The second-order valence-corrected chi connectivity index (χ2v) is 5.66. The Kier molecular flexibility index (Phi) is 6.22. The van der Waals surface area contributed by atoms with E-state index >= 15 is 0 Å². The molecule has 3 nitrogen and oxygen atoms in total. The van der Waals surface area contributed by atoms with E-state index in [1.54, 1.807) is 6.92 Å². The van der Waals surface area contributed by atoms with Gasteiger partial charge in [-0.15, -0.1) is 0 Å². The second-order valence-electron chi connectivity index (χ2n) is 4.42. The molecule has 1 unspecified atom stereocenters. The lowest BCUT2D eigenvalue weighted by Gasteiger charge is -2.23. The molecule has 2 N–H and O–H groups in total. The molecule has 0 aliphatic carbocycles. The molecule has 1 aromatic carbocycles. The molecule has 0 aliphatic heterocycles. The Bertz CT molecular complexity index is 325. The van der Waals surface area contributed by atoms with Crippen LogP contribution in [0.2, 0.25) is 0 Å². The Morgan fingerprint density at radius 1 is 1.35 bits per heavy atom. The fourth-order valence-electron chi connectivity index (χ4n) is 1.36. The van der Waals surface area contributed by atoms with Crippen LogP contribution >= 0.6 is 22.6 Å². The van der Waals surface area contributed by atoms with Crippen molar-refractivity contribution < 1.29 is 9.84 Å². The van der Waals surface area contributed by atoms with Gasteiger partial charge in [0, 0.05) is 10.1 Å². The highest BCUT2D eigenvalue weighted by Gasteiger charge is 2.20. The van der Waals surface area contributed by atoms with Crippen LogP contribution in [0.15, 0.2) is 24.3 Å². The molecule has 0 aromatic heterocycles. The lowest BCUT2D eigenvalue weighted by molar-refractivity contribution is 0.0125. The summed E-state index contributed by atoms with van der Waals surface area (Å²) in [6, 6.07) is 7.80. The van der Waals surface area contributed by atoms with Crippen molar-refractivity contribution in [3.63, 3.8) is 0 Å². The van der Waals surface area contributed by atoms with Crippen LogP contribution < -0.4 is 10.1 Å². The summed E-state index contributed by atoms with van der Waals surface area (Å²) in [6.45, 7) is 5.64. The Hall–Kier alpha value is -0.330. The Balaban J connectivity index is 2.35. The van der Waals surface area contributed by atoms with E-state index in [4.69, 9.17) is 4.74 Å². The SMILES string of the molecule is CCCNCC(C)(O)COc1ccc(I)cc1. The molecule has 0 radical (unpaired) electrons. The fourth-order valence-corrected chi connectivity index (χ4v) is 1.71. The number of hydrogen-bond acceptors (Lipinski definition) is 3. The number of rotatable bonds is 7. The van der Waals surface area contributed by atoms with Gasteiger partial charge in [-0.3, -0.25) is 0 Å². The van der Waals surface area contributed by atoms with Crippen molar-refractivity contribution in [2.24, 2.45) is 0 Å². The highest BCUT2D eigenvalue weighted by Crippen LogP contribution is 2.15. The number of ether oxygens (including phenoxy) is 1. The van der Waals surface area contributed by atoms with Gasteiger partial charge in [0.15, 0.2) is 0 Å². The first kappa shape index (κ1) is 14.7. The van der Waals surface area contributed by atoms with Crippen LogP contribution in [0.1, 0.15) is 20.3 Å². The molecule has 0 fully saturated rings. The lowest BCUT2D eigenvalue weighted by atomic mass is 10.1. The van der Waals surface area contributed by atoms with Gasteiger partial charge < -0.3 is 15.2 Å². The van der Waals surface area contributed by atoms with Gasteiger partial charge in [0.2, 0.25) is 0 Å². The largest absolute Gasteiger partial charge is 0.491 e. The van der Waals surface area contributed by atoms with E-state index in [1.807, 2.05) is 24.3 Å². The Labute approximate surface area is 117 Å². The molecule has 1 aromatic rings. The molecule has 0 aliphatic rings. The third-order valence-electron chi connectivity index (χ3n) is 2.30. The van der Waals surface area contributed by atoms with Crippen LogP contribution in [0.4, 0.5) is 0 Å². The Morgan fingerprint density at radius 2 is 2.00 bits per heavy atom. The smallest absolute Gasteiger partial charge is 0.119 e. The molecule has 1 atom stereocenters. The van der Waals surface area contributed by atoms with Gasteiger partial charge in [-0.2, -0.15) is 0 Å². The van der Waals surface area contributed by atoms with E-state index in [-0.39, 0.29) is 0 Å². The summed E-state index contributed by atoms with van der Waals surface area (Å²) in [5.41, 5.74) is -0.835. The van der Waals surface area contributed by atoms with Crippen molar-refractivity contribution >= 4 is 22.6 Å². The first-order chi connectivity index (χ1) is 8.03. The maximum atomic E-state index is 10.1. The third kappa shape index (κ3) is 6.24. The van der Waals surface area contributed by atoms with Crippen molar-refractivity contribution in [1.82, 2.24) is 5.32 Å². The van der Waals surface area contributed by atoms with Gasteiger partial charge in [0.25, 0.3) is 0 Å². The zero-order chi connectivity index (χ0) is 12.7. The van der Waals surface area contributed by atoms with E-state index in [1.165, 1.54) is 3.57 Å². The van der Waals surface area contributed by atoms with Crippen LogP contribution in [0.3, 0.4) is 0 Å². The minimum absolute atomic E-state index is 0.296. The topological polar surface area (TPSA) is 41.5 Å². The summed E-state index contributed by atoms with van der Waals surface area (Å²) in [5, 5.41) is 13.3. The van der Waals surface area contributed by atoms with Crippen molar-refractivity contribution in [3.8, 4) is 5.75 Å². The van der Waals surface area contributed by atoms with E-state index < -0.39 is 5.60 Å². The number of halogens is 1. The van der Waals surface area contributed by atoms with E-state index in [0.29, 0.717) is 13.2 Å². The summed E-state index contributed by atoms with van der Waals surface area (Å²) in [5.74, 6) is 0.793. The third-order valence-corrected chi connectivity index (χ3v) is 3.02. The van der Waals surface area contributed by atoms with Crippen LogP contribution in [0.5, 0.6) is 5.75 Å². The van der Waals surface area contributed by atoms with E-state index in [2.05, 4.69) is 34.8 Å². The zero-order valence-corrected chi connectivity index (χ0v) is 12.5. The molecule has 0 amide bonds. The normalized spacial score (nSPS) is 14.4.